The first kappa shape index (κ1) is 15.9. The zero-order chi connectivity index (χ0) is 16.9. The highest BCUT2D eigenvalue weighted by Gasteiger charge is 2.08. The molecule has 0 atom stereocenters. The van der Waals surface area contributed by atoms with Gasteiger partial charge in [0.1, 0.15) is 12.1 Å². The molecule has 2 aromatic heterocycles. The molecule has 0 aliphatic carbocycles. The van der Waals surface area contributed by atoms with Crippen LogP contribution in [0.15, 0.2) is 30.6 Å². The quantitative estimate of drug-likeness (QED) is 0.645. The van der Waals surface area contributed by atoms with E-state index in [1.54, 1.807) is 0 Å². The summed E-state index contributed by atoms with van der Waals surface area (Å²) < 4.78 is 0. The van der Waals surface area contributed by atoms with Gasteiger partial charge >= 0.3 is 0 Å². The van der Waals surface area contributed by atoms with Crippen LogP contribution in [-0.2, 0) is 11.3 Å². The minimum absolute atomic E-state index is 0.0131. The zero-order valence-corrected chi connectivity index (χ0v) is 13.8. The van der Waals surface area contributed by atoms with Crippen LogP contribution in [-0.4, -0.2) is 32.6 Å². The first-order valence-corrected chi connectivity index (χ1v) is 7.86. The van der Waals surface area contributed by atoms with Crippen molar-refractivity contribution in [3.8, 4) is 0 Å². The van der Waals surface area contributed by atoms with E-state index in [0.29, 0.717) is 19.5 Å². The number of para-hydroxylation sites is 1. The number of benzene rings is 1. The molecule has 0 aliphatic heterocycles. The Kier molecular flexibility index (Phi) is 4.69. The van der Waals surface area contributed by atoms with E-state index in [-0.39, 0.29) is 5.91 Å². The molecule has 3 aromatic rings. The maximum atomic E-state index is 12.0. The van der Waals surface area contributed by atoms with E-state index in [9.17, 15) is 4.79 Å². The molecule has 3 rings (SSSR count). The van der Waals surface area contributed by atoms with Gasteiger partial charge in [-0.3, -0.25) is 9.89 Å². The van der Waals surface area contributed by atoms with Crippen molar-refractivity contribution in [3.05, 3.63) is 47.5 Å². The lowest BCUT2D eigenvalue weighted by Gasteiger charge is -2.09. The molecule has 1 amide bonds. The van der Waals surface area contributed by atoms with E-state index < -0.39 is 0 Å². The van der Waals surface area contributed by atoms with E-state index >= 15 is 0 Å². The van der Waals surface area contributed by atoms with Crippen molar-refractivity contribution in [3.63, 3.8) is 0 Å². The lowest BCUT2D eigenvalue weighted by Crippen LogP contribution is -2.25. The third-order valence-electron chi connectivity index (χ3n) is 3.93. The van der Waals surface area contributed by atoms with Crippen LogP contribution in [0.2, 0.25) is 0 Å². The highest BCUT2D eigenvalue weighted by atomic mass is 16.1. The number of anilines is 1. The van der Waals surface area contributed by atoms with Crippen LogP contribution >= 0.6 is 0 Å². The van der Waals surface area contributed by atoms with E-state index in [1.165, 1.54) is 6.33 Å². The largest absolute Gasteiger partial charge is 0.369 e. The summed E-state index contributed by atoms with van der Waals surface area (Å²) in [5.74, 6) is 0.732. The Hall–Kier alpha value is -2.96. The summed E-state index contributed by atoms with van der Waals surface area (Å²) in [5.41, 5.74) is 3.82. The van der Waals surface area contributed by atoms with Gasteiger partial charge in [0.05, 0.1) is 11.2 Å². The molecule has 3 N–H and O–H groups in total. The average molecular weight is 324 g/mol. The molecule has 0 spiro atoms. The number of amides is 1. The molecule has 0 radical (unpaired) electrons. The SMILES string of the molecule is Cc1n[nH]c(C)c1CNC(=O)CCNc1ncnc2ccccc12. The second kappa shape index (κ2) is 7.08. The van der Waals surface area contributed by atoms with E-state index in [1.807, 2.05) is 38.1 Å². The van der Waals surface area contributed by atoms with Crippen LogP contribution in [0.25, 0.3) is 10.9 Å². The summed E-state index contributed by atoms with van der Waals surface area (Å²) in [6, 6.07) is 7.78. The van der Waals surface area contributed by atoms with Gasteiger partial charge in [-0.05, 0) is 26.0 Å². The fourth-order valence-corrected chi connectivity index (χ4v) is 2.55. The van der Waals surface area contributed by atoms with Crippen LogP contribution in [0.1, 0.15) is 23.4 Å². The normalized spacial score (nSPS) is 10.8. The average Bonchev–Trinajstić information content (AvgIpc) is 2.91. The second-order valence-corrected chi connectivity index (χ2v) is 5.61. The van der Waals surface area contributed by atoms with Crippen LogP contribution in [0.4, 0.5) is 5.82 Å². The van der Waals surface area contributed by atoms with Crippen molar-refractivity contribution in [2.45, 2.75) is 26.8 Å². The van der Waals surface area contributed by atoms with Crippen molar-refractivity contribution in [1.29, 1.82) is 0 Å². The molecule has 2 heterocycles. The zero-order valence-electron chi connectivity index (χ0n) is 13.8. The summed E-state index contributed by atoms with van der Waals surface area (Å²) >= 11 is 0. The minimum atomic E-state index is -0.0131. The number of carbonyl (C=O) groups excluding carboxylic acids is 1. The number of aryl methyl sites for hydroxylation is 2. The molecule has 0 unspecified atom stereocenters. The van der Waals surface area contributed by atoms with Crippen molar-refractivity contribution in [1.82, 2.24) is 25.5 Å². The number of carbonyl (C=O) groups is 1. The fraction of sp³-hybridized carbons (Fsp3) is 0.294. The number of nitrogens with zero attached hydrogens (tertiary/aromatic N) is 3. The number of aromatic nitrogens is 4. The third kappa shape index (κ3) is 3.51. The minimum Gasteiger partial charge on any atom is -0.369 e. The molecule has 7 nitrogen and oxygen atoms in total. The fourth-order valence-electron chi connectivity index (χ4n) is 2.55. The van der Waals surface area contributed by atoms with Crippen molar-refractivity contribution < 1.29 is 4.79 Å². The summed E-state index contributed by atoms with van der Waals surface area (Å²) in [7, 11) is 0. The third-order valence-corrected chi connectivity index (χ3v) is 3.93. The predicted molar refractivity (Wildman–Crippen MR) is 92.6 cm³/mol. The Bertz CT molecular complexity index is 832. The lowest BCUT2D eigenvalue weighted by atomic mass is 10.2. The van der Waals surface area contributed by atoms with E-state index in [2.05, 4.69) is 30.8 Å². The van der Waals surface area contributed by atoms with Crippen molar-refractivity contribution >= 4 is 22.6 Å². The second-order valence-electron chi connectivity index (χ2n) is 5.61. The Morgan fingerprint density at radius 3 is 2.83 bits per heavy atom. The van der Waals surface area contributed by atoms with Gasteiger partial charge in [0.15, 0.2) is 0 Å². The number of rotatable bonds is 6. The summed E-state index contributed by atoms with van der Waals surface area (Å²) in [5, 5.41) is 14.1. The van der Waals surface area contributed by atoms with Gasteiger partial charge in [-0.25, -0.2) is 9.97 Å². The maximum Gasteiger partial charge on any atom is 0.222 e. The molecule has 0 saturated heterocycles. The van der Waals surface area contributed by atoms with Gasteiger partial charge in [-0.2, -0.15) is 5.10 Å². The Labute approximate surface area is 139 Å². The number of nitrogens with one attached hydrogen (secondary N) is 3. The molecule has 0 fully saturated rings. The van der Waals surface area contributed by atoms with Crippen LogP contribution < -0.4 is 10.6 Å². The standard InChI is InChI=1S/C17H20N6O/c1-11-14(12(2)23-22-11)9-19-16(24)7-8-18-17-13-5-3-4-6-15(13)20-10-21-17/h3-6,10H,7-9H2,1-2H3,(H,19,24)(H,22,23)(H,18,20,21). The topological polar surface area (TPSA) is 95.6 Å². The van der Waals surface area contributed by atoms with Gasteiger partial charge in [-0.1, -0.05) is 12.1 Å². The molecule has 1 aromatic carbocycles. The van der Waals surface area contributed by atoms with Crippen LogP contribution in [0.3, 0.4) is 0 Å². The maximum absolute atomic E-state index is 12.0. The van der Waals surface area contributed by atoms with Crippen LogP contribution in [0, 0.1) is 13.8 Å². The number of aromatic amines is 1. The Morgan fingerprint density at radius 1 is 1.21 bits per heavy atom. The predicted octanol–water partition coefficient (Wildman–Crippen LogP) is 2.09. The molecular formula is C17H20N6O. The molecule has 7 heteroatoms. The van der Waals surface area contributed by atoms with Gasteiger partial charge < -0.3 is 10.6 Å². The molecule has 24 heavy (non-hydrogen) atoms. The van der Waals surface area contributed by atoms with Gasteiger partial charge in [0, 0.05) is 36.2 Å². The smallest absolute Gasteiger partial charge is 0.222 e. The highest BCUT2D eigenvalue weighted by Crippen LogP contribution is 2.18. The number of H-pyrrole nitrogens is 1. The molecule has 0 aliphatic rings. The van der Waals surface area contributed by atoms with Crippen molar-refractivity contribution in [2.75, 3.05) is 11.9 Å². The van der Waals surface area contributed by atoms with Gasteiger partial charge in [-0.15, -0.1) is 0 Å². The Morgan fingerprint density at radius 2 is 2.04 bits per heavy atom. The lowest BCUT2D eigenvalue weighted by molar-refractivity contribution is -0.121. The molecular weight excluding hydrogens is 304 g/mol. The molecule has 0 bridgehead atoms. The first-order valence-electron chi connectivity index (χ1n) is 7.86. The number of hydrogen-bond donors (Lipinski definition) is 3. The van der Waals surface area contributed by atoms with Crippen molar-refractivity contribution in [2.24, 2.45) is 0 Å². The summed E-state index contributed by atoms with van der Waals surface area (Å²) in [6.45, 7) is 4.87. The van der Waals surface area contributed by atoms with E-state index in [0.717, 1.165) is 33.7 Å². The summed E-state index contributed by atoms with van der Waals surface area (Å²) in [6.07, 6.45) is 1.89. The molecule has 124 valence electrons. The number of hydrogen-bond acceptors (Lipinski definition) is 5. The molecule has 0 saturated carbocycles. The number of fused-ring (bicyclic) bond motifs is 1. The van der Waals surface area contributed by atoms with Crippen LogP contribution in [0.5, 0.6) is 0 Å². The van der Waals surface area contributed by atoms with Gasteiger partial charge in [0.25, 0.3) is 0 Å². The van der Waals surface area contributed by atoms with Gasteiger partial charge in [0.2, 0.25) is 5.91 Å². The Balaban J connectivity index is 1.51. The monoisotopic (exact) mass is 324 g/mol. The highest BCUT2D eigenvalue weighted by molar-refractivity contribution is 5.88. The summed E-state index contributed by atoms with van der Waals surface area (Å²) in [4.78, 5) is 20.5. The first-order chi connectivity index (χ1) is 11.6. The van der Waals surface area contributed by atoms with E-state index in [4.69, 9.17) is 0 Å².